The van der Waals surface area contributed by atoms with Gasteiger partial charge in [0.05, 0.1) is 19.1 Å². The largest absolute Gasteiger partial charge is 0.463 e. The molecule has 2 aromatic rings. The lowest BCUT2D eigenvalue weighted by atomic mass is 10.2. The number of carbonyl (C=O) groups is 2. The first-order valence-electron chi connectivity index (χ1n) is 7.83. The number of urea groups is 1. The standard InChI is InChI=1S/C17H22N4O3/c1-13(2)24-16(22)8-10-18-17(23)20-15-6-4-14(5-7-15)12-21-11-3-9-19-21/h3-7,9,11,13H,8,10,12H2,1-2H3,(H2,18,20,23). The molecule has 0 aliphatic carbocycles. The summed E-state index contributed by atoms with van der Waals surface area (Å²) in [5.41, 5.74) is 1.77. The van der Waals surface area contributed by atoms with Crippen molar-refractivity contribution in [3.63, 3.8) is 0 Å². The maximum atomic E-state index is 11.8. The van der Waals surface area contributed by atoms with Gasteiger partial charge < -0.3 is 15.4 Å². The molecule has 0 fully saturated rings. The highest BCUT2D eigenvalue weighted by atomic mass is 16.5. The summed E-state index contributed by atoms with van der Waals surface area (Å²) in [6.07, 6.45) is 3.63. The van der Waals surface area contributed by atoms with E-state index in [-0.39, 0.29) is 31.1 Å². The van der Waals surface area contributed by atoms with Gasteiger partial charge in [-0.2, -0.15) is 5.10 Å². The van der Waals surface area contributed by atoms with E-state index >= 15 is 0 Å². The van der Waals surface area contributed by atoms with Crippen LogP contribution in [0.15, 0.2) is 42.7 Å². The van der Waals surface area contributed by atoms with Crippen LogP contribution in [0.25, 0.3) is 0 Å². The molecule has 0 bridgehead atoms. The Morgan fingerprint density at radius 1 is 1.25 bits per heavy atom. The molecule has 0 saturated heterocycles. The molecule has 1 aromatic carbocycles. The molecule has 0 atom stereocenters. The number of benzene rings is 1. The van der Waals surface area contributed by atoms with Crippen molar-refractivity contribution in [2.24, 2.45) is 0 Å². The molecule has 2 amide bonds. The van der Waals surface area contributed by atoms with Crippen molar-refractivity contribution in [2.75, 3.05) is 11.9 Å². The SMILES string of the molecule is CC(C)OC(=O)CCNC(=O)Nc1ccc(Cn2cccn2)cc1. The predicted octanol–water partition coefficient (Wildman–Crippen LogP) is 2.39. The van der Waals surface area contributed by atoms with E-state index in [0.29, 0.717) is 12.2 Å². The van der Waals surface area contributed by atoms with E-state index in [0.717, 1.165) is 5.56 Å². The molecule has 0 aliphatic rings. The van der Waals surface area contributed by atoms with Crippen LogP contribution in [0.3, 0.4) is 0 Å². The second-order valence-corrected chi connectivity index (χ2v) is 5.57. The van der Waals surface area contributed by atoms with Crippen LogP contribution < -0.4 is 10.6 Å². The van der Waals surface area contributed by atoms with E-state index in [9.17, 15) is 9.59 Å². The average molecular weight is 330 g/mol. The minimum Gasteiger partial charge on any atom is -0.463 e. The molecular formula is C17H22N4O3. The van der Waals surface area contributed by atoms with Crippen molar-refractivity contribution in [2.45, 2.75) is 32.9 Å². The van der Waals surface area contributed by atoms with Crippen molar-refractivity contribution in [1.82, 2.24) is 15.1 Å². The van der Waals surface area contributed by atoms with Crippen molar-refractivity contribution in [3.8, 4) is 0 Å². The van der Waals surface area contributed by atoms with Crippen molar-refractivity contribution < 1.29 is 14.3 Å². The van der Waals surface area contributed by atoms with E-state index in [1.807, 2.05) is 41.2 Å². The number of ether oxygens (including phenoxy) is 1. The fourth-order valence-electron chi connectivity index (χ4n) is 2.05. The Morgan fingerprint density at radius 3 is 2.62 bits per heavy atom. The number of hydrogen-bond donors (Lipinski definition) is 2. The average Bonchev–Trinajstić information content (AvgIpc) is 3.01. The van der Waals surface area contributed by atoms with E-state index in [1.54, 1.807) is 20.0 Å². The van der Waals surface area contributed by atoms with Gasteiger partial charge in [0.1, 0.15) is 0 Å². The topological polar surface area (TPSA) is 85.2 Å². The zero-order chi connectivity index (χ0) is 17.4. The molecule has 2 rings (SSSR count). The van der Waals surface area contributed by atoms with Crippen LogP contribution >= 0.6 is 0 Å². The lowest BCUT2D eigenvalue weighted by Gasteiger charge is -2.10. The number of nitrogens with zero attached hydrogens (tertiary/aromatic N) is 2. The summed E-state index contributed by atoms with van der Waals surface area (Å²) in [7, 11) is 0. The number of rotatable bonds is 7. The van der Waals surface area contributed by atoms with E-state index in [2.05, 4.69) is 15.7 Å². The fourth-order valence-corrected chi connectivity index (χ4v) is 2.05. The van der Waals surface area contributed by atoms with Crippen LogP contribution in [0.2, 0.25) is 0 Å². The quantitative estimate of drug-likeness (QED) is 0.763. The van der Waals surface area contributed by atoms with Gasteiger partial charge in [0.2, 0.25) is 0 Å². The molecule has 1 heterocycles. The molecule has 7 nitrogen and oxygen atoms in total. The number of carbonyl (C=O) groups excluding carboxylic acids is 2. The number of aromatic nitrogens is 2. The summed E-state index contributed by atoms with van der Waals surface area (Å²) >= 11 is 0. The smallest absolute Gasteiger partial charge is 0.319 e. The molecule has 128 valence electrons. The normalized spacial score (nSPS) is 10.5. The van der Waals surface area contributed by atoms with Gasteiger partial charge in [-0.3, -0.25) is 9.48 Å². The zero-order valence-electron chi connectivity index (χ0n) is 13.9. The highest BCUT2D eigenvalue weighted by Crippen LogP contribution is 2.10. The van der Waals surface area contributed by atoms with Gasteiger partial charge in [-0.1, -0.05) is 12.1 Å². The van der Waals surface area contributed by atoms with E-state index in [4.69, 9.17) is 4.74 Å². The monoisotopic (exact) mass is 330 g/mol. The van der Waals surface area contributed by atoms with E-state index in [1.165, 1.54) is 0 Å². The Hall–Kier alpha value is -2.83. The number of esters is 1. The van der Waals surface area contributed by atoms with Gasteiger partial charge >= 0.3 is 12.0 Å². The second kappa shape index (κ2) is 8.71. The summed E-state index contributed by atoms with van der Waals surface area (Å²) in [5.74, 6) is -0.326. The molecule has 2 N–H and O–H groups in total. The first-order valence-corrected chi connectivity index (χ1v) is 7.83. The summed E-state index contributed by atoms with van der Waals surface area (Å²) in [4.78, 5) is 23.1. The van der Waals surface area contributed by atoms with Gasteiger partial charge in [-0.25, -0.2) is 4.79 Å². The minimum absolute atomic E-state index is 0.147. The maximum absolute atomic E-state index is 11.8. The fraction of sp³-hybridized carbons (Fsp3) is 0.353. The van der Waals surface area contributed by atoms with Gasteiger partial charge in [-0.05, 0) is 37.6 Å². The summed E-state index contributed by atoms with van der Waals surface area (Å²) < 4.78 is 6.81. The predicted molar refractivity (Wildman–Crippen MR) is 90.6 cm³/mol. The van der Waals surface area contributed by atoms with Gasteiger partial charge in [0.15, 0.2) is 0 Å². The van der Waals surface area contributed by atoms with Gasteiger partial charge in [0.25, 0.3) is 0 Å². The third kappa shape index (κ3) is 6.12. The molecule has 0 spiro atoms. The maximum Gasteiger partial charge on any atom is 0.319 e. The number of anilines is 1. The third-order valence-corrected chi connectivity index (χ3v) is 3.10. The van der Waals surface area contributed by atoms with Crippen molar-refractivity contribution in [3.05, 3.63) is 48.3 Å². The first-order chi connectivity index (χ1) is 11.5. The molecular weight excluding hydrogens is 308 g/mol. The van der Waals surface area contributed by atoms with Crippen molar-refractivity contribution in [1.29, 1.82) is 0 Å². The van der Waals surface area contributed by atoms with Crippen LogP contribution in [0.1, 0.15) is 25.8 Å². The lowest BCUT2D eigenvalue weighted by Crippen LogP contribution is -2.31. The van der Waals surface area contributed by atoms with Crippen LogP contribution in [-0.2, 0) is 16.1 Å². The van der Waals surface area contributed by atoms with Gasteiger partial charge in [-0.15, -0.1) is 0 Å². The lowest BCUT2D eigenvalue weighted by molar-refractivity contribution is -0.147. The molecule has 7 heteroatoms. The van der Waals surface area contributed by atoms with Crippen LogP contribution in [0, 0.1) is 0 Å². The van der Waals surface area contributed by atoms with Crippen LogP contribution in [0.5, 0.6) is 0 Å². The summed E-state index contributed by atoms with van der Waals surface area (Å²) in [5, 5.41) is 9.49. The molecule has 0 aliphatic heterocycles. The number of amides is 2. The Kier molecular flexibility index (Phi) is 6.36. The second-order valence-electron chi connectivity index (χ2n) is 5.57. The van der Waals surface area contributed by atoms with Gasteiger partial charge in [0, 0.05) is 24.6 Å². The molecule has 24 heavy (non-hydrogen) atoms. The van der Waals surface area contributed by atoms with Crippen LogP contribution in [0.4, 0.5) is 10.5 Å². The minimum atomic E-state index is -0.354. The Labute approximate surface area is 141 Å². The third-order valence-electron chi connectivity index (χ3n) is 3.10. The highest BCUT2D eigenvalue weighted by molar-refractivity contribution is 5.89. The zero-order valence-corrected chi connectivity index (χ0v) is 13.9. The molecule has 0 radical (unpaired) electrons. The van der Waals surface area contributed by atoms with E-state index < -0.39 is 0 Å². The first kappa shape index (κ1) is 17.5. The Bertz CT molecular complexity index is 651. The van der Waals surface area contributed by atoms with Crippen LogP contribution in [-0.4, -0.2) is 34.4 Å². The highest BCUT2D eigenvalue weighted by Gasteiger charge is 2.07. The Morgan fingerprint density at radius 2 is 2.00 bits per heavy atom. The summed E-state index contributed by atoms with van der Waals surface area (Å²) in [6, 6.07) is 9.02. The molecule has 0 unspecified atom stereocenters. The van der Waals surface area contributed by atoms with Crippen molar-refractivity contribution >= 4 is 17.7 Å². The number of hydrogen-bond acceptors (Lipinski definition) is 4. The number of nitrogens with one attached hydrogen (secondary N) is 2. The summed E-state index contributed by atoms with van der Waals surface area (Å²) in [6.45, 7) is 4.48. The molecule has 1 aromatic heterocycles. The molecule has 0 saturated carbocycles. The Balaban J connectivity index is 1.72.